The van der Waals surface area contributed by atoms with E-state index in [0.717, 1.165) is 24.3 Å². The van der Waals surface area contributed by atoms with Crippen LogP contribution in [0.4, 0.5) is 4.79 Å². The van der Waals surface area contributed by atoms with Crippen LogP contribution in [0.1, 0.15) is 31.9 Å². The maximum Gasteiger partial charge on any atom is 0.407 e. The normalized spacial score (nSPS) is 11.7. The average Bonchev–Trinajstić information content (AvgIpc) is 2.56. The molecule has 1 amide bonds. The summed E-state index contributed by atoms with van der Waals surface area (Å²) in [6, 6.07) is 6.21. The predicted molar refractivity (Wildman–Crippen MR) is 105 cm³/mol. The quantitative estimate of drug-likeness (QED) is 0.393. The summed E-state index contributed by atoms with van der Waals surface area (Å²) in [5.41, 5.74) is 1.83. The maximum absolute atomic E-state index is 11.6. The number of hydrogen-bond donors (Lipinski definition) is 3. The number of aliphatic imine (C=N–C) groups is 1. The number of methoxy groups -OCH3 is 1. The number of aryl methyl sites for hydroxylation is 1. The highest BCUT2D eigenvalue weighted by atomic mass is 16.6. The minimum atomic E-state index is -0.492. The van der Waals surface area contributed by atoms with E-state index in [0.29, 0.717) is 19.0 Å². The minimum Gasteiger partial charge on any atom is -0.496 e. The summed E-state index contributed by atoms with van der Waals surface area (Å²) in [4.78, 5) is 15.7. The van der Waals surface area contributed by atoms with E-state index in [1.54, 1.807) is 14.2 Å². The van der Waals surface area contributed by atoms with Crippen LogP contribution in [0.15, 0.2) is 23.2 Å². The first-order chi connectivity index (χ1) is 12.2. The summed E-state index contributed by atoms with van der Waals surface area (Å²) < 4.78 is 10.5. The van der Waals surface area contributed by atoms with Crippen molar-refractivity contribution in [3.05, 3.63) is 29.3 Å². The van der Waals surface area contributed by atoms with Gasteiger partial charge in [0.15, 0.2) is 5.96 Å². The Morgan fingerprint density at radius 3 is 2.38 bits per heavy atom. The lowest BCUT2D eigenvalue weighted by atomic mass is 10.1. The first-order valence-electron chi connectivity index (χ1n) is 8.80. The zero-order chi connectivity index (χ0) is 19.6. The fourth-order valence-electron chi connectivity index (χ4n) is 2.23. The molecule has 1 aromatic carbocycles. The van der Waals surface area contributed by atoms with E-state index in [1.165, 1.54) is 5.56 Å². The lowest BCUT2D eigenvalue weighted by Gasteiger charge is -2.20. The van der Waals surface area contributed by atoms with Crippen LogP contribution in [0.5, 0.6) is 5.75 Å². The molecule has 0 unspecified atom stereocenters. The van der Waals surface area contributed by atoms with Crippen molar-refractivity contribution in [3.8, 4) is 5.75 Å². The highest BCUT2D eigenvalue weighted by Gasteiger charge is 2.15. The van der Waals surface area contributed by atoms with Gasteiger partial charge in [0.25, 0.3) is 0 Å². The first-order valence-corrected chi connectivity index (χ1v) is 8.80. The van der Waals surface area contributed by atoms with Crippen molar-refractivity contribution in [1.82, 2.24) is 16.0 Å². The monoisotopic (exact) mass is 364 g/mol. The SMILES string of the molecule is CN=C(NCCNC(=O)OC(C)(C)C)NCCc1ccc(C)c(OC)c1. The van der Waals surface area contributed by atoms with Crippen LogP contribution in [0, 0.1) is 6.92 Å². The van der Waals surface area contributed by atoms with Gasteiger partial charge in [-0.15, -0.1) is 0 Å². The Morgan fingerprint density at radius 1 is 1.12 bits per heavy atom. The van der Waals surface area contributed by atoms with E-state index in [-0.39, 0.29) is 0 Å². The van der Waals surface area contributed by atoms with Gasteiger partial charge < -0.3 is 25.4 Å². The summed E-state index contributed by atoms with van der Waals surface area (Å²) in [7, 11) is 3.40. The fraction of sp³-hybridized carbons (Fsp3) is 0.579. The van der Waals surface area contributed by atoms with Crippen LogP contribution in [0.25, 0.3) is 0 Å². The molecule has 0 aliphatic heterocycles. The Bertz CT molecular complexity index is 609. The van der Waals surface area contributed by atoms with E-state index in [4.69, 9.17) is 9.47 Å². The lowest BCUT2D eigenvalue weighted by molar-refractivity contribution is 0.0529. The number of rotatable bonds is 7. The molecule has 0 aliphatic carbocycles. The van der Waals surface area contributed by atoms with Crippen LogP contribution in [-0.4, -0.2) is 51.4 Å². The summed E-state index contributed by atoms with van der Waals surface area (Å²) in [6.07, 6.45) is 0.434. The Kier molecular flexibility index (Phi) is 8.75. The topological polar surface area (TPSA) is 84.0 Å². The summed E-state index contributed by atoms with van der Waals surface area (Å²) in [6.45, 7) is 9.27. The van der Waals surface area contributed by atoms with Gasteiger partial charge in [0, 0.05) is 26.7 Å². The van der Waals surface area contributed by atoms with Gasteiger partial charge >= 0.3 is 6.09 Å². The number of alkyl carbamates (subject to hydrolysis) is 1. The zero-order valence-corrected chi connectivity index (χ0v) is 16.7. The van der Waals surface area contributed by atoms with Crippen molar-refractivity contribution >= 4 is 12.1 Å². The van der Waals surface area contributed by atoms with Gasteiger partial charge in [0.2, 0.25) is 0 Å². The third-order valence-electron chi connectivity index (χ3n) is 3.49. The number of ether oxygens (including phenoxy) is 2. The number of carbonyl (C=O) groups is 1. The Hall–Kier alpha value is -2.44. The molecule has 0 saturated heterocycles. The van der Waals surface area contributed by atoms with Gasteiger partial charge in [-0.3, -0.25) is 4.99 Å². The Balaban J connectivity index is 2.28. The van der Waals surface area contributed by atoms with E-state index in [9.17, 15) is 4.79 Å². The molecule has 146 valence electrons. The highest BCUT2D eigenvalue weighted by molar-refractivity contribution is 5.79. The second-order valence-electron chi connectivity index (χ2n) is 6.91. The highest BCUT2D eigenvalue weighted by Crippen LogP contribution is 2.18. The summed E-state index contributed by atoms with van der Waals surface area (Å²) >= 11 is 0. The third-order valence-corrected chi connectivity index (χ3v) is 3.49. The zero-order valence-electron chi connectivity index (χ0n) is 16.7. The number of nitrogens with one attached hydrogen (secondary N) is 3. The molecule has 7 heteroatoms. The largest absolute Gasteiger partial charge is 0.496 e. The predicted octanol–water partition coefficient (Wildman–Crippen LogP) is 2.24. The standard InChI is InChI=1S/C19H32N4O3/c1-14-7-8-15(13-16(14)25-6)9-10-21-17(20-5)22-11-12-23-18(24)26-19(2,3)4/h7-8,13H,9-12H2,1-6H3,(H,23,24)(H2,20,21,22). The molecule has 0 bridgehead atoms. The van der Waals surface area contributed by atoms with Gasteiger partial charge in [-0.05, 0) is 51.3 Å². The van der Waals surface area contributed by atoms with Gasteiger partial charge in [-0.25, -0.2) is 4.79 Å². The molecule has 1 aromatic rings. The molecule has 7 nitrogen and oxygen atoms in total. The van der Waals surface area contributed by atoms with E-state index < -0.39 is 11.7 Å². The smallest absolute Gasteiger partial charge is 0.407 e. The molecular formula is C19H32N4O3. The van der Waals surface area contributed by atoms with Crippen molar-refractivity contribution in [2.45, 2.75) is 39.7 Å². The van der Waals surface area contributed by atoms with Crippen LogP contribution in [0.2, 0.25) is 0 Å². The lowest BCUT2D eigenvalue weighted by Crippen LogP contribution is -2.42. The minimum absolute atomic E-state index is 0.421. The molecule has 0 fully saturated rings. The van der Waals surface area contributed by atoms with Gasteiger partial charge in [-0.2, -0.15) is 0 Å². The van der Waals surface area contributed by atoms with Crippen LogP contribution >= 0.6 is 0 Å². The van der Waals surface area contributed by atoms with E-state index in [2.05, 4.69) is 39.1 Å². The third kappa shape index (κ3) is 8.60. The van der Waals surface area contributed by atoms with E-state index in [1.807, 2.05) is 27.7 Å². The Labute approximate surface area is 156 Å². The molecule has 1 rings (SSSR count). The number of hydrogen-bond acceptors (Lipinski definition) is 4. The van der Waals surface area contributed by atoms with Crippen molar-refractivity contribution in [2.75, 3.05) is 33.8 Å². The second-order valence-corrected chi connectivity index (χ2v) is 6.91. The molecule has 0 aliphatic rings. The molecule has 0 spiro atoms. The van der Waals surface area contributed by atoms with Gasteiger partial charge in [0.1, 0.15) is 11.4 Å². The molecule has 26 heavy (non-hydrogen) atoms. The van der Waals surface area contributed by atoms with Gasteiger partial charge in [0.05, 0.1) is 7.11 Å². The first kappa shape index (κ1) is 21.6. The number of nitrogens with zero attached hydrogens (tertiary/aromatic N) is 1. The molecule has 3 N–H and O–H groups in total. The molecular weight excluding hydrogens is 332 g/mol. The van der Waals surface area contributed by atoms with Crippen LogP contribution in [-0.2, 0) is 11.2 Å². The molecule has 0 atom stereocenters. The van der Waals surface area contributed by atoms with Crippen LogP contribution < -0.4 is 20.7 Å². The van der Waals surface area contributed by atoms with Crippen LogP contribution in [0.3, 0.4) is 0 Å². The second kappa shape index (κ2) is 10.5. The summed E-state index contributed by atoms with van der Waals surface area (Å²) in [5.74, 6) is 1.59. The molecule has 0 radical (unpaired) electrons. The van der Waals surface area contributed by atoms with Crippen molar-refractivity contribution in [2.24, 2.45) is 4.99 Å². The summed E-state index contributed by atoms with van der Waals surface area (Å²) in [5, 5.41) is 9.10. The fourth-order valence-corrected chi connectivity index (χ4v) is 2.23. The molecule has 0 saturated carbocycles. The van der Waals surface area contributed by atoms with Crippen molar-refractivity contribution < 1.29 is 14.3 Å². The number of benzene rings is 1. The number of guanidine groups is 1. The Morgan fingerprint density at radius 2 is 1.77 bits per heavy atom. The van der Waals surface area contributed by atoms with Crippen molar-refractivity contribution in [1.29, 1.82) is 0 Å². The van der Waals surface area contributed by atoms with E-state index >= 15 is 0 Å². The number of amides is 1. The maximum atomic E-state index is 11.6. The average molecular weight is 364 g/mol. The molecule has 0 heterocycles. The molecule has 0 aromatic heterocycles. The van der Waals surface area contributed by atoms with Crippen molar-refractivity contribution in [3.63, 3.8) is 0 Å². The number of carbonyl (C=O) groups excluding carboxylic acids is 1. The van der Waals surface area contributed by atoms with Gasteiger partial charge in [-0.1, -0.05) is 12.1 Å².